The van der Waals surface area contributed by atoms with E-state index in [4.69, 9.17) is 0 Å². The number of carbonyl (C=O) groups excluding carboxylic acids is 1. The molecule has 1 aromatic heterocycles. The summed E-state index contributed by atoms with van der Waals surface area (Å²) >= 11 is 0. The second-order valence-electron chi connectivity index (χ2n) is 7.11. The highest BCUT2D eigenvalue weighted by Gasteiger charge is 2.24. The van der Waals surface area contributed by atoms with Crippen LogP contribution in [0, 0.1) is 0 Å². The van der Waals surface area contributed by atoms with Crippen LogP contribution in [0.3, 0.4) is 0 Å². The predicted molar refractivity (Wildman–Crippen MR) is 106 cm³/mol. The van der Waals surface area contributed by atoms with E-state index in [9.17, 15) is 4.79 Å². The molecule has 0 radical (unpaired) electrons. The van der Waals surface area contributed by atoms with Crippen LogP contribution in [-0.4, -0.2) is 64.4 Å². The summed E-state index contributed by atoms with van der Waals surface area (Å²) in [6.45, 7) is 4.12. The molecule has 0 spiro atoms. The molecule has 2 fully saturated rings. The number of rotatable bonds is 6. The summed E-state index contributed by atoms with van der Waals surface area (Å²) in [5.74, 6) is 0.747. The number of piperazine rings is 1. The topological polar surface area (TPSA) is 61.4 Å². The molecule has 2 heterocycles. The van der Waals surface area contributed by atoms with Crippen molar-refractivity contribution in [3.63, 3.8) is 0 Å². The minimum absolute atomic E-state index is 0.00396. The van der Waals surface area contributed by atoms with Gasteiger partial charge in [-0.05, 0) is 18.4 Å². The number of nitrogens with one attached hydrogen (secondary N) is 1. The van der Waals surface area contributed by atoms with Gasteiger partial charge in [-0.1, -0.05) is 42.5 Å². The second kappa shape index (κ2) is 8.31. The molecule has 4 rings (SSSR count). The molecular formula is C21H25N5O. The Kier molecular flexibility index (Phi) is 5.44. The van der Waals surface area contributed by atoms with Gasteiger partial charge in [0, 0.05) is 44.8 Å². The van der Waals surface area contributed by atoms with Gasteiger partial charge in [0.15, 0.2) is 0 Å². The van der Waals surface area contributed by atoms with Crippen molar-refractivity contribution in [2.45, 2.75) is 18.9 Å². The average molecular weight is 363 g/mol. The first kappa shape index (κ1) is 17.7. The van der Waals surface area contributed by atoms with Gasteiger partial charge in [-0.15, -0.1) is 0 Å². The van der Waals surface area contributed by atoms with Crippen molar-refractivity contribution in [3.05, 3.63) is 60.1 Å². The van der Waals surface area contributed by atoms with Crippen LogP contribution in [0.2, 0.25) is 0 Å². The molecule has 6 heteroatoms. The zero-order valence-electron chi connectivity index (χ0n) is 15.4. The Balaban J connectivity index is 1.27. The average Bonchev–Trinajstić information content (AvgIpc) is 3.53. The molecule has 0 unspecified atom stereocenters. The van der Waals surface area contributed by atoms with Gasteiger partial charge in [0.1, 0.15) is 17.8 Å². The Morgan fingerprint density at radius 1 is 1.11 bits per heavy atom. The van der Waals surface area contributed by atoms with Gasteiger partial charge in [0.05, 0.1) is 0 Å². The molecular weight excluding hydrogens is 338 g/mol. The first-order valence-corrected chi connectivity index (χ1v) is 9.60. The lowest BCUT2D eigenvalue weighted by atomic mass is 10.2. The molecule has 1 aliphatic heterocycles. The molecule has 27 heavy (non-hydrogen) atoms. The molecule has 1 aromatic carbocycles. The van der Waals surface area contributed by atoms with Crippen LogP contribution in [-0.2, 0) is 0 Å². The number of hydrogen-bond acceptors (Lipinski definition) is 5. The Bertz CT molecular complexity index is 795. The van der Waals surface area contributed by atoms with Crippen molar-refractivity contribution in [1.29, 1.82) is 0 Å². The Morgan fingerprint density at radius 2 is 1.89 bits per heavy atom. The van der Waals surface area contributed by atoms with Crippen LogP contribution in [0.1, 0.15) is 28.9 Å². The normalized spacial score (nSPS) is 18.0. The molecule has 1 saturated heterocycles. The van der Waals surface area contributed by atoms with E-state index >= 15 is 0 Å². The molecule has 0 bridgehead atoms. The van der Waals surface area contributed by atoms with Crippen LogP contribution < -0.4 is 5.32 Å². The van der Waals surface area contributed by atoms with Crippen LogP contribution >= 0.6 is 0 Å². The third-order valence-electron chi connectivity index (χ3n) is 4.95. The third kappa shape index (κ3) is 4.92. The maximum absolute atomic E-state index is 12.7. The number of carbonyl (C=O) groups is 1. The number of amides is 1. The molecule has 6 nitrogen and oxygen atoms in total. The van der Waals surface area contributed by atoms with Gasteiger partial charge < -0.3 is 10.2 Å². The fourth-order valence-corrected chi connectivity index (χ4v) is 3.19. The third-order valence-corrected chi connectivity index (χ3v) is 4.95. The van der Waals surface area contributed by atoms with E-state index in [-0.39, 0.29) is 5.91 Å². The van der Waals surface area contributed by atoms with E-state index in [0.717, 1.165) is 38.5 Å². The highest BCUT2D eigenvalue weighted by Crippen LogP contribution is 2.23. The summed E-state index contributed by atoms with van der Waals surface area (Å²) in [7, 11) is 0. The van der Waals surface area contributed by atoms with E-state index in [1.807, 2.05) is 23.1 Å². The zero-order chi connectivity index (χ0) is 18.5. The van der Waals surface area contributed by atoms with Crippen molar-refractivity contribution in [3.8, 4) is 0 Å². The van der Waals surface area contributed by atoms with Crippen molar-refractivity contribution in [2.24, 2.45) is 0 Å². The summed E-state index contributed by atoms with van der Waals surface area (Å²) < 4.78 is 0. The highest BCUT2D eigenvalue weighted by atomic mass is 16.2. The number of hydrogen-bond donors (Lipinski definition) is 1. The second-order valence-corrected chi connectivity index (χ2v) is 7.11. The zero-order valence-corrected chi connectivity index (χ0v) is 15.4. The Labute approximate surface area is 159 Å². The monoisotopic (exact) mass is 363 g/mol. The summed E-state index contributed by atoms with van der Waals surface area (Å²) in [5.41, 5.74) is 1.69. The van der Waals surface area contributed by atoms with Crippen LogP contribution in [0.5, 0.6) is 0 Å². The molecule has 140 valence electrons. The number of aromatic nitrogens is 2. The van der Waals surface area contributed by atoms with Crippen molar-refractivity contribution in [2.75, 3.05) is 38.0 Å². The summed E-state index contributed by atoms with van der Waals surface area (Å²) in [4.78, 5) is 25.4. The van der Waals surface area contributed by atoms with Gasteiger partial charge in [0.25, 0.3) is 5.91 Å². The number of benzene rings is 1. The minimum atomic E-state index is -0.00396. The molecule has 1 saturated carbocycles. The smallest absolute Gasteiger partial charge is 0.272 e. The van der Waals surface area contributed by atoms with Crippen molar-refractivity contribution in [1.82, 2.24) is 19.8 Å². The first-order valence-electron chi connectivity index (χ1n) is 9.60. The fraction of sp³-hybridized carbons (Fsp3) is 0.381. The lowest BCUT2D eigenvalue weighted by Crippen LogP contribution is -2.48. The van der Waals surface area contributed by atoms with E-state index in [1.165, 1.54) is 24.7 Å². The lowest BCUT2D eigenvalue weighted by molar-refractivity contribution is 0.0644. The highest BCUT2D eigenvalue weighted by molar-refractivity contribution is 5.93. The largest absolute Gasteiger partial charge is 0.367 e. The molecule has 2 aromatic rings. The van der Waals surface area contributed by atoms with Crippen LogP contribution in [0.25, 0.3) is 6.08 Å². The van der Waals surface area contributed by atoms with Gasteiger partial charge >= 0.3 is 0 Å². The molecule has 1 amide bonds. The first-order chi connectivity index (χ1) is 13.3. The Hall–Kier alpha value is -2.73. The maximum atomic E-state index is 12.7. The summed E-state index contributed by atoms with van der Waals surface area (Å²) in [6, 6.07) is 12.6. The fourth-order valence-electron chi connectivity index (χ4n) is 3.19. The molecule has 1 aliphatic carbocycles. The predicted octanol–water partition coefficient (Wildman–Crippen LogP) is 2.52. The molecule has 2 aliphatic rings. The van der Waals surface area contributed by atoms with E-state index < -0.39 is 0 Å². The Morgan fingerprint density at radius 3 is 2.63 bits per heavy atom. The van der Waals surface area contributed by atoms with E-state index in [1.54, 1.807) is 6.07 Å². The number of anilines is 1. The van der Waals surface area contributed by atoms with E-state index in [2.05, 4.69) is 44.5 Å². The van der Waals surface area contributed by atoms with Crippen LogP contribution in [0.15, 0.2) is 48.8 Å². The van der Waals surface area contributed by atoms with Gasteiger partial charge in [-0.3, -0.25) is 9.69 Å². The van der Waals surface area contributed by atoms with Crippen LogP contribution in [0.4, 0.5) is 5.82 Å². The van der Waals surface area contributed by atoms with Crippen molar-refractivity contribution >= 4 is 17.8 Å². The van der Waals surface area contributed by atoms with Crippen molar-refractivity contribution < 1.29 is 4.79 Å². The number of nitrogens with zero attached hydrogens (tertiary/aromatic N) is 4. The van der Waals surface area contributed by atoms with Gasteiger partial charge in [-0.2, -0.15) is 0 Å². The van der Waals surface area contributed by atoms with E-state index in [0.29, 0.717) is 11.7 Å². The quantitative estimate of drug-likeness (QED) is 0.855. The summed E-state index contributed by atoms with van der Waals surface area (Å²) in [5, 5.41) is 3.32. The lowest BCUT2D eigenvalue weighted by Gasteiger charge is -2.34. The minimum Gasteiger partial charge on any atom is -0.367 e. The van der Waals surface area contributed by atoms with Gasteiger partial charge in [-0.25, -0.2) is 9.97 Å². The molecule has 1 N–H and O–H groups in total. The SMILES string of the molecule is O=C(c1cc(NC2CC2)ncn1)N1CCN(C/C=C/c2ccccc2)CC1. The standard InChI is InChI=1S/C21H25N5O/c27-21(19-15-20(23-16-22-19)24-18-8-9-18)26-13-11-25(12-14-26)10-4-7-17-5-2-1-3-6-17/h1-7,15-16,18H,8-14H2,(H,22,23,24)/b7-4+. The van der Waals surface area contributed by atoms with Gasteiger partial charge in [0.2, 0.25) is 0 Å². The molecule has 0 atom stereocenters. The maximum Gasteiger partial charge on any atom is 0.272 e. The summed E-state index contributed by atoms with van der Waals surface area (Å²) in [6.07, 6.45) is 8.16.